The highest BCUT2D eigenvalue weighted by Crippen LogP contribution is 2.30. The minimum Gasteiger partial charge on any atom is -0.465 e. The topological polar surface area (TPSA) is 55.4 Å². The molecule has 0 unspecified atom stereocenters. The van der Waals surface area contributed by atoms with Crippen LogP contribution < -0.4 is 5.32 Å². The zero-order valence-corrected chi connectivity index (χ0v) is 11.0. The highest BCUT2D eigenvalue weighted by atomic mass is 79.9. The number of esters is 1. The molecule has 0 atom stereocenters. The molecule has 0 fully saturated rings. The van der Waals surface area contributed by atoms with Gasteiger partial charge in [-0.05, 0) is 28.1 Å². The standard InChI is InChI=1S/C10H9BrClNO3/c1-5(14)13-9-3-6(10(15)16-2)8(12)4-7(9)11/h3-4H,1-2H3,(H,13,14). The van der Waals surface area contributed by atoms with E-state index in [-0.39, 0.29) is 16.5 Å². The highest BCUT2D eigenvalue weighted by molar-refractivity contribution is 9.10. The minimum absolute atomic E-state index is 0.205. The number of carbonyl (C=O) groups is 2. The van der Waals surface area contributed by atoms with Crippen molar-refractivity contribution in [1.29, 1.82) is 0 Å². The molecule has 0 radical (unpaired) electrons. The van der Waals surface area contributed by atoms with Gasteiger partial charge < -0.3 is 10.1 Å². The van der Waals surface area contributed by atoms with Crippen LogP contribution in [0, 0.1) is 0 Å². The lowest BCUT2D eigenvalue weighted by Gasteiger charge is -2.09. The maximum absolute atomic E-state index is 11.3. The van der Waals surface area contributed by atoms with E-state index in [1.807, 2.05) is 0 Å². The molecule has 1 N–H and O–H groups in total. The second kappa shape index (κ2) is 5.32. The molecular formula is C10H9BrClNO3. The molecule has 4 nitrogen and oxygen atoms in total. The smallest absolute Gasteiger partial charge is 0.339 e. The number of rotatable bonds is 2. The zero-order chi connectivity index (χ0) is 12.3. The Morgan fingerprint density at radius 1 is 1.44 bits per heavy atom. The van der Waals surface area contributed by atoms with Crippen LogP contribution >= 0.6 is 27.5 Å². The molecule has 16 heavy (non-hydrogen) atoms. The van der Waals surface area contributed by atoms with Crippen molar-refractivity contribution in [3.8, 4) is 0 Å². The van der Waals surface area contributed by atoms with Crippen molar-refractivity contribution in [3.63, 3.8) is 0 Å². The van der Waals surface area contributed by atoms with Crippen LogP contribution in [-0.2, 0) is 9.53 Å². The maximum atomic E-state index is 11.3. The monoisotopic (exact) mass is 305 g/mol. The Balaban J connectivity index is 3.21. The summed E-state index contributed by atoms with van der Waals surface area (Å²) in [6.45, 7) is 1.37. The average Bonchev–Trinajstić information content (AvgIpc) is 2.20. The molecule has 0 aliphatic rings. The summed E-state index contributed by atoms with van der Waals surface area (Å²) in [6.07, 6.45) is 0. The minimum atomic E-state index is -0.552. The molecule has 0 aliphatic heterocycles. The third kappa shape index (κ3) is 2.96. The summed E-state index contributed by atoms with van der Waals surface area (Å²) in [5.74, 6) is -0.789. The van der Waals surface area contributed by atoms with Gasteiger partial charge in [-0.2, -0.15) is 0 Å². The molecule has 1 rings (SSSR count). The number of benzene rings is 1. The number of anilines is 1. The van der Waals surface area contributed by atoms with Crippen LogP contribution in [0.3, 0.4) is 0 Å². The molecule has 1 aromatic carbocycles. The van der Waals surface area contributed by atoms with Crippen LogP contribution in [0.25, 0.3) is 0 Å². The molecule has 86 valence electrons. The molecule has 0 saturated carbocycles. The van der Waals surface area contributed by atoms with E-state index in [9.17, 15) is 9.59 Å². The van der Waals surface area contributed by atoms with Crippen LogP contribution in [-0.4, -0.2) is 19.0 Å². The number of carbonyl (C=O) groups excluding carboxylic acids is 2. The summed E-state index contributed by atoms with van der Waals surface area (Å²) in [7, 11) is 1.26. The van der Waals surface area contributed by atoms with Gasteiger partial charge in [0.05, 0.1) is 23.4 Å². The summed E-state index contributed by atoms with van der Waals surface area (Å²) >= 11 is 9.10. The largest absolute Gasteiger partial charge is 0.465 e. The number of ether oxygens (including phenoxy) is 1. The van der Waals surface area contributed by atoms with Crippen LogP contribution in [0.1, 0.15) is 17.3 Å². The van der Waals surface area contributed by atoms with Crippen molar-refractivity contribution < 1.29 is 14.3 Å². The Labute approximate surface area is 106 Å². The molecule has 6 heteroatoms. The lowest BCUT2D eigenvalue weighted by atomic mass is 10.2. The molecule has 0 bridgehead atoms. The predicted octanol–water partition coefficient (Wildman–Crippen LogP) is 2.85. The van der Waals surface area contributed by atoms with E-state index in [4.69, 9.17) is 11.6 Å². The first-order valence-electron chi connectivity index (χ1n) is 4.30. The number of nitrogens with one attached hydrogen (secondary N) is 1. The Morgan fingerprint density at radius 3 is 2.56 bits per heavy atom. The third-order valence-electron chi connectivity index (χ3n) is 1.77. The Hall–Kier alpha value is -1.07. The fourth-order valence-corrected chi connectivity index (χ4v) is 1.92. The van der Waals surface area contributed by atoms with Gasteiger partial charge >= 0.3 is 5.97 Å². The first kappa shape index (κ1) is 13.0. The van der Waals surface area contributed by atoms with Crippen molar-refractivity contribution in [2.45, 2.75) is 6.92 Å². The normalized spacial score (nSPS) is 9.75. The van der Waals surface area contributed by atoms with Gasteiger partial charge in [-0.3, -0.25) is 4.79 Å². The SMILES string of the molecule is COC(=O)c1cc(NC(C)=O)c(Br)cc1Cl. The van der Waals surface area contributed by atoms with Crippen molar-refractivity contribution in [1.82, 2.24) is 0 Å². The molecule has 0 aromatic heterocycles. The number of halogens is 2. The van der Waals surface area contributed by atoms with Gasteiger partial charge in [-0.15, -0.1) is 0 Å². The second-order valence-electron chi connectivity index (χ2n) is 2.98. The molecule has 1 aromatic rings. The van der Waals surface area contributed by atoms with Crippen molar-refractivity contribution in [3.05, 3.63) is 27.2 Å². The van der Waals surface area contributed by atoms with E-state index in [0.29, 0.717) is 10.2 Å². The van der Waals surface area contributed by atoms with E-state index < -0.39 is 5.97 Å². The van der Waals surface area contributed by atoms with E-state index in [2.05, 4.69) is 26.0 Å². The van der Waals surface area contributed by atoms with Gasteiger partial charge in [0.25, 0.3) is 0 Å². The summed E-state index contributed by atoms with van der Waals surface area (Å²) in [5, 5.41) is 2.82. The van der Waals surface area contributed by atoms with Crippen LogP contribution in [0.2, 0.25) is 5.02 Å². The van der Waals surface area contributed by atoms with Crippen LogP contribution in [0.5, 0.6) is 0 Å². The van der Waals surface area contributed by atoms with E-state index in [1.165, 1.54) is 26.2 Å². The van der Waals surface area contributed by atoms with Crippen molar-refractivity contribution >= 4 is 45.1 Å². The van der Waals surface area contributed by atoms with E-state index in [1.54, 1.807) is 0 Å². The van der Waals surface area contributed by atoms with Crippen molar-refractivity contribution in [2.24, 2.45) is 0 Å². The Bertz CT molecular complexity index is 448. The quantitative estimate of drug-likeness (QED) is 0.855. The van der Waals surface area contributed by atoms with E-state index in [0.717, 1.165) is 0 Å². The van der Waals surface area contributed by atoms with E-state index >= 15 is 0 Å². The number of hydrogen-bond acceptors (Lipinski definition) is 3. The summed E-state index contributed by atoms with van der Waals surface area (Å²) in [6, 6.07) is 2.98. The third-order valence-corrected chi connectivity index (χ3v) is 2.74. The van der Waals surface area contributed by atoms with Gasteiger partial charge in [0.15, 0.2) is 0 Å². The second-order valence-corrected chi connectivity index (χ2v) is 4.25. The first-order valence-corrected chi connectivity index (χ1v) is 5.47. The molecule has 0 saturated heterocycles. The highest BCUT2D eigenvalue weighted by Gasteiger charge is 2.14. The fraction of sp³-hybridized carbons (Fsp3) is 0.200. The lowest BCUT2D eigenvalue weighted by molar-refractivity contribution is -0.114. The molecular weight excluding hydrogens is 297 g/mol. The first-order chi connectivity index (χ1) is 7.45. The molecule has 1 amide bonds. The van der Waals surface area contributed by atoms with Gasteiger partial charge in [0.1, 0.15) is 0 Å². The van der Waals surface area contributed by atoms with Crippen LogP contribution in [0.15, 0.2) is 16.6 Å². The van der Waals surface area contributed by atoms with Crippen LogP contribution in [0.4, 0.5) is 5.69 Å². The lowest BCUT2D eigenvalue weighted by Crippen LogP contribution is -2.09. The molecule has 0 aliphatic carbocycles. The maximum Gasteiger partial charge on any atom is 0.339 e. The van der Waals surface area contributed by atoms with Gasteiger partial charge in [-0.25, -0.2) is 4.79 Å². The van der Waals surface area contributed by atoms with Gasteiger partial charge in [0.2, 0.25) is 5.91 Å². The number of hydrogen-bond donors (Lipinski definition) is 1. The number of amides is 1. The summed E-state index contributed by atoms with van der Waals surface area (Å²) in [4.78, 5) is 22.3. The zero-order valence-electron chi connectivity index (χ0n) is 8.64. The molecule has 0 spiro atoms. The molecule has 0 heterocycles. The van der Waals surface area contributed by atoms with Gasteiger partial charge in [-0.1, -0.05) is 11.6 Å². The fourth-order valence-electron chi connectivity index (χ4n) is 1.10. The Kier molecular flexibility index (Phi) is 4.32. The van der Waals surface area contributed by atoms with Crippen molar-refractivity contribution in [2.75, 3.05) is 12.4 Å². The van der Waals surface area contributed by atoms with Gasteiger partial charge in [0, 0.05) is 11.4 Å². The average molecular weight is 307 g/mol. The Morgan fingerprint density at radius 2 is 2.06 bits per heavy atom. The predicted molar refractivity (Wildman–Crippen MR) is 64.8 cm³/mol. The summed E-state index contributed by atoms with van der Waals surface area (Å²) in [5.41, 5.74) is 0.674. The summed E-state index contributed by atoms with van der Waals surface area (Å²) < 4.78 is 5.16. The number of methoxy groups -OCH3 is 1.